The summed E-state index contributed by atoms with van der Waals surface area (Å²) in [5.41, 5.74) is 2.18. The number of hydrogen-bond acceptors (Lipinski definition) is 5. The van der Waals surface area contributed by atoms with Crippen LogP contribution < -0.4 is 20.1 Å². The van der Waals surface area contributed by atoms with Crippen molar-refractivity contribution in [1.82, 2.24) is 10.6 Å². The van der Waals surface area contributed by atoms with Crippen LogP contribution in [0.1, 0.15) is 25.0 Å². The molecule has 2 N–H and O–H groups in total. The highest BCUT2D eigenvalue weighted by molar-refractivity contribution is 6.09. The van der Waals surface area contributed by atoms with E-state index in [1.54, 1.807) is 62.4 Å². The Hall–Kier alpha value is -4.75. The molecule has 36 heavy (non-hydrogen) atoms. The van der Waals surface area contributed by atoms with Gasteiger partial charge in [-0.2, -0.15) is 0 Å². The van der Waals surface area contributed by atoms with Crippen molar-refractivity contribution in [2.75, 3.05) is 26.3 Å². The molecule has 0 unspecified atom stereocenters. The lowest BCUT2D eigenvalue weighted by Gasteiger charge is -2.07. The summed E-state index contributed by atoms with van der Waals surface area (Å²) in [6, 6.07) is 13.9. The predicted molar refractivity (Wildman–Crippen MR) is 138 cm³/mol. The van der Waals surface area contributed by atoms with Crippen molar-refractivity contribution in [3.05, 3.63) is 84.0 Å². The van der Waals surface area contributed by atoms with E-state index in [1.165, 1.54) is 0 Å². The zero-order chi connectivity index (χ0) is 26.3. The van der Waals surface area contributed by atoms with Gasteiger partial charge in [0.15, 0.2) is 0 Å². The van der Waals surface area contributed by atoms with Crippen molar-refractivity contribution in [3.8, 4) is 35.2 Å². The van der Waals surface area contributed by atoms with Crippen LogP contribution in [0.5, 0.6) is 11.5 Å². The smallest absolute Gasteiger partial charge is 0.279 e. The lowest BCUT2D eigenvalue weighted by atomic mass is 10.2. The van der Waals surface area contributed by atoms with E-state index in [0.717, 1.165) is 0 Å². The number of nitrogens with one attached hydrogen (secondary N) is 2. The molecular weight excluding hydrogens is 456 g/mol. The monoisotopic (exact) mass is 484 g/mol. The Labute approximate surface area is 211 Å². The Morgan fingerprint density at radius 2 is 1.06 bits per heavy atom. The number of hydrogen-bond donors (Lipinski definition) is 2. The Balaban J connectivity index is 1.78. The second-order valence-corrected chi connectivity index (χ2v) is 7.65. The molecule has 0 saturated heterocycles. The minimum Gasteiger partial charge on any atom is -0.492 e. The largest absolute Gasteiger partial charge is 0.492 e. The Bertz CT molecular complexity index is 1140. The number of ketones is 1. The molecule has 0 aromatic heterocycles. The number of carbonyl (C=O) groups excluding carboxylic acids is 3. The van der Waals surface area contributed by atoms with Gasteiger partial charge in [-0.05, 0) is 74.2 Å². The second kappa shape index (κ2) is 14.5. The summed E-state index contributed by atoms with van der Waals surface area (Å²) in [7, 11) is 0. The quantitative estimate of drug-likeness (QED) is 0.307. The van der Waals surface area contributed by atoms with Crippen LogP contribution in [-0.4, -0.2) is 43.9 Å². The fraction of sp³-hybridized carbons (Fsp3) is 0.207. The Morgan fingerprint density at radius 1 is 0.694 bits per heavy atom. The van der Waals surface area contributed by atoms with Crippen LogP contribution in [-0.2, 0) is 14.4 Å². The first-order valence-corrected chi connectivity index (χ1v) is 11.2. The SMILES string of the molecule is C=C(C)C(=O)NCCOc1ccc(C#CC(=O)C#Cc2ccc(OCCNC(=O)C(=C)C)cc2)cc1. The zero-order valence-corrected chi connectivity index (χ0v) is 20.4. The molecule has 2 aromatic rings. The van der Waals surface area contributed by atoms with Crippen LogP contribution >= 0.6 is 0 Å². The Morgan fingerprint density at radius 3 is 1.39 bits per heavy atom. The van der Waals surface area contributed by atoms with Crippen LogP contribution in [0.25, 0.3) is 0 Å². The van der Waals surface area contributed by atoms with Gasteiger partial charge in [-0.3, -0.25) is 14.4 Å². The molecule has 184 valence electrons. The van der Waals surface area contributed by atoms with Crippen LogP contribution in [0.2, 0.25) is 0 Å². The van der Waals surface area contributed by atoms with Gasteiger partial charge in [0.25, 0.3) is 5.78 Å². The summed E-state index contributed by atoms with van der Waals surface area (Å²) in [6.07, 6.45) is 0. The maximum absolute atomic E-state index is 12.0. The minimum atomic E-state index is -0.503. The average molecular weight is 485 g/mol. The third kappa shape index (κ3) is 10.5. The van der Waals surface area contributed by atoms with E-state index in [0.29, 0.717) is 60.1 Å². The van der Waals surface area contributed by atoms with Crippen molar-refractivity contribution in [3.63, 3.8) is 0 Å². The first kappa shape index (κ1) is 27.5. The van der Waals surface area contributed by atoms with Crippen molar-refractivity contribution < 1.29 is 23.9 Å². The van der Waals surface area contributed by atoms with Crippen molar-refractivity contribution in [1.29, 1.82) is 0 Å². The van der Waals surface area contributed by atoms with E-state index in [9.17, 15) is 14.4 Å². The van der Waals surface area contributed by atoms with E-state index < -0.39 is 5.78 Å². The van der Waals surface area contributed by atoms with Gasteiger partial charge < -0.3 is 20.1 Å². The van der Waals surface area contributed by atoms with E-state index in [4.69, 9.17) is 9.47 Å². The summed E-state index contributed by atoms with van der Waals surface area (Å²) >= 11 is 0. The van der Waals surface area contributed by atoms with Crippen LogP contribution in [0.3, 0.4) is 0 Å². The van der Waals surface area contributed by atoms with Gasteiger partial charge in [-0.15, -0.1) is 0 Å². The van der Waals surface area contributed by atoms with Crippen molar-refractivity contribution in [2.45, 2.75) is 13.8 Å². The van der Waals surface area contributed by atoms with Crippen LogP contribution in [0, 0.1) is 23.7 Å². The summed E-state index contributed by atoms with van der Waals surface area (Å²) < 4.78 is 11.1. The number of amides is 2. The topological polar surface area (TPSA) is 93.7 Å². The highest BCUT2D eigenvalue weighted by Crippen LogP contribution is 2.12. The molecule has 2 rings (SSSR count). The van der Waals surface area contributed by atoms with Crippen molar-refractivity contribution >= 4 is 17.6 Å². The van der Waals surface area contributed by atoms with E-state index in [1.807, 2.05) is 0 Å². The molecule has 0 radical (unpaired) electrons. The molecule has 0 fully saturated rings. The lowest BCUT2D eigenvalue weighted by molar-refractivity contribution is -0.118. The summed E-state index contributed by atoms with van der Waals surface area (Å²) in [6.45, 7) is 11.8. The molecular formula is C29H28N2O5. The Kier molecular flexibility index (Phi) is 11.1. The molecule has 0 aliphatic carbocycles. The van der Waals surface area contributed by atoms with Crippen LogP contribution in [0.4, 0.5) is 0 Å². The van der Waals surface area contributed by atoms with Gasteiger partial charge >= 0.3 is 0 Å². The summed E-state index contributed by atoms with van der Waals surface area (Å²) in [5, 5.41) is 5.36. The fourth-order valence-electron chi connectivity index (χ4n) is 2.53. The first-order valence-electron chi connectivity index (χ1n) is 11.2. The number of benzene rings is 2. The molecule has 0 aliphatic heterocycles. The highest BCUT2D eigenvalue weighted by atomic mass is 16.5. The van der Waals surface area contributed by atoms with Gasteiger partial charge in [-0.25, -0.2) is 0 Å². The number of rotatable bonds is 10. The molecule has 0 atom stereocenters. The minimum absolute atomic E-state index is 0.207. The van der Waals surface area contributed by atoms with E-state index in [2.05, 4.69) is 47.5 Å². The molecule has 0 aliphatic rings. The standard InChI is InChI=1S/C29H28N2O5/c1-21(2)28(33)30-17-19-35-26-13-7-23(8-14-26)5-11-25(32)12-6-24-9-15-27(16-10-24)36-20-18-31-29(34)22(3)4/h7-10,13-16H,1,3,17-20H2,2,4H3,(H,30,33)(H,31,34). The highest BCUT2D eigenvalue weighted by Gasteiger charge is 2.01. The molecule has 0 heterocycles. The first-order chi connectivity index (χ1) is 17.2. The third-order valence-electron chi connectivity index (χ3n) is 4.44. The van der Waals surface area contributed by atoms with Gasteiger partial charge in [-0.1, -0.05) is 25.0 Å². The normalized spacial score (nSPS) is 9.39. The number of carbonyl (C=O) groups is 3. The molecule has 0 saturated carbocycles. The molecule has 2 aromatic carbocycles. The fourth-order valence-corrected chi connectivity index (χ4v) is 2.53. The average Bonchev–Trinajstić information content (AvgIpc) is 2.87. The maximum atomic E-state index is 12.0. The van der Waals surface area contributed by atoms with Gasteiger partial charge in [0.1, 0.15) is 24.7 Å². The third-order valence-corrected chi connectivity index (χ3v) is 4.44. The maximum Gasteiger partial charge on any atom is 0.279 e. The van der Waals surface area contributed by atoms with E-state index in [-0.39, 0.29) is 11.8 Å². The van der Waals surface area contributed by atoms with E-state index >= 15 is 0 Å². The van der Waals surface area contributed by atoms with Gasteiger partial charge in [0, 0.05) is 22.3 Å². The molecule has 0 spiro atoms. The summed E-state index contributed by atoms with van der Waals surface area (Å²) in [5.74, 6) is 10.9. The number of ether oxygens (including phenoxy) is 2. The molecule has 2 amide bonds. The van der Waals surface area contributed by atoms with Crippen LogP contribution in [0.15, 0.2) is 72.8 Å². The number of Topliss-reactive ketones (excluding diaryl/α,β-unsaturated/α-hetero) is 1. The second-order valence-electron chi connectivity index (χ2n) is 7.65. The zero-order valence-electron chi connectivity index (χ0n) is 20.4. The van der Waals surface area contributed by atoms with Gasteiger partial charge in [0.05, 0.1) is 13.1 Å². The molecule has 7 heteroatoms. The molecule has 7 nitrogen and oxygen atoms in total. The van der Waals surface area contributed by atoms with Crippen molar-refractivity contribution in [2.24, 2.45) is 0 Å². The molecule has 0 bridgehead atoms. The predicted octanol–water partition coefficient (Wildman–Crippen LogP) is 2.80. The summed E-state index contributed by atoms with van der Waals surface area (Å²) in [4.78, 5) is 34.8. The van der Waals surface area contributed by atoms with Gasteiger partial charge in [0.2, 0.25) is 11.8 Å². The lowest BCUT2D eigenvalue weighted by Crippen LogP contribution is -2.28.